The van der Waals surface area contributed by atoms with Crippen LogP contribution in [0.5, 0.6) is 0 Å². The number of carbonyl (C=O) groups excluding carboxylic acids is 3. The van der Waals surface area contributed by atoms with Gasteiger partial charge in [-0.3, -0.25) is 14.4 Å². The maximum atomic E-state index is 13.0. The van der Waals surface area contributed by atoms with E-state index in [0.717, 1.165) is 0 Å². The zero-order valence-electron chi connectivity index (χ0n) is 13.2. The number of ether oxygens (including phenoxy) is 1. The normalized spacial score (nSPS) is 31.7. The van der Waals surface area contributed by atoms with E-state index in [1.54, 1.807) is 45.0 Å². The van der Waals surface area contributed by atoms with Crippen molar-refractivity contribution in [1.29, 1.82) is 0 Å². The van der Waals surface area contributed by atoms with Gasteiger partial charge in [0.25, 0.3) is 0 Å². The maximum Gasteiger partial charge on any atom is 0.329 e. The molecule has 2 atom stereocenters. The summed E-state index contributed by atoms with van der Waals surface area (Å²) in [5, 5.41) is 3.24. The van der Waals surface area contributed by atoms with Crippen molar-refractivity contribution in [2.24, 2.45) is 16.2 Å². The van der Waals surface area contributed by atoms with Crippen molar-refractivity contribution in [2.45, 2.75) is 33.6 Å². The number of esters is 2. The lowest BCUT2D eigenvalue weighted by Gasteiger charge is -2.48. The minimum Gasteiger partial charge on any atom is -0.392 e. The molecule has 1 aromatic rings. The van der Waals surface area contributed by atoms with E-state index in [9.17, 15) is 14.4 Å². The molecule has 1 N–H and O–H groups in total. The Balaban J connectivity index is 2.01. The van der Waals surface area contributed by atoms with Crippen LogP contribution in [0.1, 0.15) is 33.6 Å². The van der Waals surface area contributed by atoms with Gasteiger partial charge in [0, 0.05) is 16.1 Å². The lowest BCUT2D eigenvalue weighted by molar-refractivity contribution is -0.195. The van der Waals surface area contributed by atoms with E-state index >= 15 is 0 Å². The Bertz CT molecular complexity index is 729. The Morgan fingerprint density at radius 2 is 1.87 bits per heavy atom. The van der Waals surface area contributed by atoms with E-state index in [4.69, 9.17) is 16.3 Å². The topological polar surface area (TPSA) is 72.5 Å². The summed E-state index contributed by atoms with van der Waals surface area (Å²) in [6.07, 6.45) is 0.723. The number of fused-ring (bicyclic) bond motifs is 2. The predicted molar refractivity (Wildman–Crippen MR) is 84.7 cm³/mol. The average molecular weight is 336 g/mol. The molecule has 5 nitrogen and oxygen atoms in total. The Kier molecular flexibility index (Phi) is 3.34. The van der Waals surface area contributed by atoms with E-state index in [0.29, 0.717) is 17.1 Å². The number of nitrogens with one attached hydrogen (secondary N) is 1. The molecule has 1 heterocycles. The van der Waals surface area contributed by atoms with E-state index < -0.39 is 34.1 Å². The Labute approximate surface area is 139 Å². The molecule has 3 rings (SSSR count). The molecule has 0 spiro atoms. The molecule has 1 saturated carbocycles. The molecule has 1 aromatic carbocycles. The highest BCUT2D eigenvalue weighted by atomic mass is 35.5. The van der Waals surface area contributed by atoms with Gasteiger partial charge in [-0.15, -0.1) is 0 Å². The summed E-state index contributed by atoms with van der Waals surface area (Å²) < 4.78 is 4.93. The highest BCUT2D eigenvalue weighted by Gasteiger charge is 2.75. The van der Waals surface area contributed by atoms with Gasteiger partial charge in [0.15, 0.2) is 5.41 Å². The summed E-state index contributed by atoms with van der Waals surface area (Å²) in [4.78, 5) is 37.7. The molecular formula is C17H18ClNO4. The van der Waals surface area contributed by atoms with E-state index in [2.05, 4.69) is 5.32 Å². The van der Waals surface area contributed by atoms with Gasteiger partial charge >= 0.3 is 11.9 Å². The SMILES string of the molecule is CC12CCC(C(=O)Nc3cccc(Cl)c3)(C(=O)OC1=O)C2(C)C. The molecule has 2 bridgehead atoms. The molecule has 6 heteroatoms. The van der Waals surface area contributed by atoms with Crippen LogP contribution in [0.25, 0.3) is 0 Å². The number of anilines is 1. The van der Waals surface area contributed by atoms with Crippen molar-refractivity contribution in [3.63, 3.8) is 0 Å². The van der Waals surface area contributed by atoms with Crippen LogP contribution in [-0.4, -0.2) is 17.8 Å². The second kappa shape index (κ2) is 4.81. The van der Waals surface area contributed by atoms with Crippen LogP contribution in [0.2, 0.25) is 5.02 Å². The summed E-state index contributed by atoms with van der Waals surface area (Å²) in [5.41, 5.74) is -2.56. The fourth-order valence-corrected chi connectivity index (χ4v) is 4.02. The highest BCUT2D eigenvalue weighted by Crippen LogP contribution is 2.66. The molecule has 1 amide bonds. The summed E-state index contributed by atoms with van der Waals surface area (Å²) in [5.74, 6) is -1.76. The van der Waals surface area contributed by atoms with Crippen LogP contribution in [0, 0.1) is 16.2 Å². The number of hydrogen-bond donors (Lipinski definition) is 1. The average Bonchev–Trinajstić information content (AvgIpc) is 2.60. The number of benzene rings is 1. The van der Waals surface area contributed by atoms with Gasteiger partial charge in [0.1, 0.15) is 0 Å². The molecule has 1 aliphatic heterocycles. The fraction of sp³-hybridized carbons (Fsp3) is 0.471. The van der Waals surface area contributed by atoms with Crippen LogP contribution in [0.15, 0.2) is 24.3 Å². The van der Waals surface area contributed by atoms with Crippen molar-refractivity contribution in [2.75, 3.05) is 5.32 Å². The van der Waals surface area contributed by atoms with Gasteiger partial charge in [-0.25, -0.2) is 0 Å². The Morgan fingerprint density at radius 1 is 1.17 bits per heavy atom. The number of amides is 1. The summed E-state index contributed by atoms with van der Waals surface area (Å²) >= 11 is 5.93. The predicted octanol–water partition coefficient (Wildman–Crippen LogP) is 3.17. The van der Waals surface area contributed by atoms with E-state index in [-0.39, 0.29) is 6.42 Å². The first-order chi connectivity index (χ1) is 10.6. The molecule has 2 aliphatic rings. The van der Waals surface area contributed by atoms with Gasteiger partial charge in [-0.1, -0.05) is 31.5 Å². The fourth-order valence-electron chi connectivity index (χ4n) is 3.83. The van der Waals surface area contributed by atoms with Gasteiger partial charge < -0.3 is 10.1 Å². The summed E-state index contributed by atoms with van der Waals surface area (Å²) in [6, 6.07) is 6.71. The first kappa shape index (κ1) is 16.0. The van der Waals surface area contributed by atoms with Crippen LogP contribution in [0.4, 0.5) is 5.69 Å². The first-order valence-electron chi connectivity index (χ1n) is 7.49. The van der Waals surface area contributed by atoms with Crippen LogP contribution < -0.4 is 5.32 Å². The van der Waals surface area contributed by atoms with Crippen molar-refractivity contribution in [3.8, 4) is 0 Å². The number of halogens is 1. The first-order valence-corrected chi connectivity index (χ1v) is 7.87. The van der Waals surface area contributed by atoms with Crippen molar-refractivity contribution >= 4 is 35.1 Å². The summed E-state index contributed by atoms with van der Waals surface area (Å²) in [7, 11) is 0. The molecule has 0 radical (unpaired) electrons. The largest absolute Gasteiger partial charge is 0.392 e. The second-order valence-corrected chi connectivity index (χ2v) is 7.44. The highest BCUT2D eigenvalue weighted by molar-refractivity contribution is 6.31. The smallest absolute Gasteiger partial charge is 0.329 e. The molecule has 1 saturated heterocycles. The lowest BCUT2D eigenvalue weighted by Crippen LogP contribution is -2.60. The number of carbonyl (C=O) groups is 3. The van der Waals surface area contributed by atoms with Crippen LogP contribution in [0.3, 0.4) is 0 Å². The molecule has 23 heavy (non-hydrogen) atoms. The molecular weight excluding hydrogens is 318 g/mol. The molecule has 2 fully saturated rings. The van der Waals surface area contributed by atoms with Gasteiger partial charge in [0.2, 0.25) is 5.91 Å². The van der Waals surface area contributed by atoms with Gasteiger partial charge in [-0.05, 0) is 38.0 Å². The Hall–Kier alpha value is -1.88. The van der Waals surface area contributed by atoms with Crippen LogP contribution in [-0.2, 0) is 19.1 Å². The molecule has 1 aliphatic carbocycles. The van der Waals surface area contributed by atoms with Crippen LogP contribution >= 0.6 is 11.6 Å². The minimum absolute atomic E-state index is 0.285. The molecule has 122 valence electrons. The van der Waals surface area contributed by atoms with Gasteiger partial charge in [-0.2, -0.15) is 0 Å². The van der Waals surface area contributed by atoms with Crippen molar-refractivity contribution < 1.29 is 19.1 Å². The van der Waals surface area contributed by atoms with Gasteiger partial charge in [0.05, 0.1) is 5.41 Å². The number of hydrogen-bond acceptors (Lipinski definition) is 4. The van der Waals surface area contributed by atoms with Crippen molar-refractivity contribution in [3.05, 3.63) is 29.3 Å². The third-order valence-corrected chi connectivity index (χ3v) is 6.14. The standard InChI is InChI=1S/C17H18ClNO4/c1-15(2)16(3)7-8-17(15,14(22)23-13(16)21)12(20)19-11-6-4-5-10(18)9-11/h4-6,9H,7-8H2,1-3H3,(H,19,20). The maximum absolute atomic E-state index is 13.0. The third kappa shape index (κ3) is 1.89. The second-order valence-electron chi connectivity index (χ2n) is 7.00. The lowest BCUT2D eigenvalue weighted by atomic mass is 9.57. The van der Waals surface area contributed by atoms with E-state index in [1.807, 2.05) is 0 Å². The Morgan fingerprint density at radius 3 is 2.52 bits per heavy atom. The zero-order chi connectivity index (χ0) is 17.0. The quantitative estimate of drug-likeness (QED) is 0.665. The third-order valence-electron chi connectivity index (χ3n) is 5.90. The number of cyclic esters (lactones) is 2. The molecule has 0 aromatic heterocycles. The van der Waals surface area contributed by atoms with E-state index in [1.165, 1.54) is 0 Å². The zero-order valence-corrected chi connectivity index (χ0v) is 14.0. The number of rotatable bonds is 2. The molecule has 2 unspecified atom stereocenters. The van der Waals surface area contributed by atoms with Crippen molar-refractivity contribution in [1.82, 2.24) is 0 Å². The monoisotopic (exact) mass is 335 g/mol. The summed E-state index contributed by atoms with van der Waals surface area (Å²) in [6.45, 7) is 5.34. The minimum atomic E-state index is -1.38.